The van der Waals surface area contributed by atoms with Crippen LogP contribution in [0.25, 0.3) is 0 Å². The molecule has 28 heavy (non-hydrogen) atoms. The lowest BCUT2D eigenvalue weighted by atomic mass is 10.2. The third-order valence-electron chi connectivity index (χ3n) is 4.68. The van der Waals surface area contributed by atoms with Crippen LogP contribution in [0.1, 0.15) is 24.0 Å². The van der Waals surface area contributed by atoms with E-state index in [1.165, 1.54) is 16.4 Å². The monoisotopic (exact) mass is 401 g/mol. The summed E-state index contributed by atoms with van der Waals surface area (Å²) in [6, 6.07) is 13.5. The first-order valence-corrected chi connectivity index (χ1v) is 10.6. The van der Waals surface area contributed by atoms with Gasteiger partial charge in [0.15, 0.2) is 0 Å². The van der Waals surface area contributed by atoms with E-state index in [1.807, 2.05) is 19.1 Å². The molecular formula is C20H23N3O4S. The standard InChI is InChI=1S/C20H23N3O4S/c1-15-6-2-3-7-18(15)22-20(25)19(24)21-14-16-8-10-17(11-9-16)28(26,27)23-12-4-5-13-23/h2-3,6-11H,4-5,12-14H2,1H3,(H,21,24)(H,22,25). The number of benzene rings is 2. The molecule has 1 saturated heterocycles. The van der Waals surface area contributed by atoms with E-state index in [9.17, 15) is 18.0 Å². The van der Waals surface area contributed by atoms with Gasteiger partial charge in [0, 0.05) is 25.3 Å². The van der Waals surface area contributed by atoms with Crippen molar-refractivity contribution in [1.82, 2.24) is 9.62 Å². The van der Waals surface area contributed by atoms with Gasteiger partial charge in [-0.15, -0.1) is 0 Å². The molecule has 0 saturated carbocycles. The van der Waals surface area contributed by atoms with Crippen LogP contribution >= 0.6 is 0 Å². The molecule has 0 unspecified atom stereocenters. The highest BCUT2D eigenvalue weighted by atomic mass is 32.2. The highest BCUT2D eigenvalue weighted by Gasteiger charge is 2.26. The molecule has 1 fully saturated rings. The van der Waals surface area contributed by atoms with Crippen molar-refractivity contribution in [2.75, 3.05) is 18.4 Å². The second-order valence-corrected chi connectivity index (χ2v) is 8.64. The van der Waals surface area contributed by atoms with E-state index in [4.69, 9.17) is 0 Å². The largest absolute Gasteiger partial charge is 0.344 e. The van der Waals surface area contributed by atoms with Crippen LogP contribution in [0, 0.1) is 6.92 Å². The maximum absolute atomic E-state index is 12.5. The van der Waals surface area contributed by atoms with E-state index >= 15 is 0 Å². The molecule has 2 aromatic rings. The summed E-state index contributed by atoms with van der Waals surface area (Å²) in [5, 5.41) is 5.11. The number of para-hydroxylation sites is 1. The molecule has 0 radical (unpaired) electrons. The lowest BCUT2D eigenvalue weighted by Crippen LogP contribution is -2.35. The third-order valence-corrected chi connectivity index (χ3v) is 6.59. The van der Waals surface area contributed by atoms with Crippen LogP contribution in [0.4, 0.5) is 5.69 Å². The zero-order valence-corrected chi connectivity index (χ0v) is 16.5. The molecule has 0 aromatic heterocycles. The van der Waals surface area contributed by atoms with E-state index < -0.39 is 21.8 Å². The van der Waals surface area contributed by atoms with Gasteiger partial charge in [-0.05, 0) is 49.1 Å². The summed E-state index contributed by atoms with van der Waals surface area (Å²) in [5.41, 5.74) is 2.15. The number of hydrogen-bond donors (Lipinski definition) is 2. The van der Waals surface area contributed by atoms with Gasteiger partial charge < -0.3 is 10.6 Å². The minimum Gasteiger partial charge on any atom is -0.344 e. The molecule has 2 N–H and O–H groups in total. The van der Waals surface area contributed by atoms with E-state index in [0.29, 0.717) is 24.3 Å². The first-order chi connectivity index (χ1) is 13.4. The normalized spacial score (nSPS) is 14.6. The van der Waals surface area contributed by atoms with Crippen LogP contribution in [0.5, 0.6) is 0 Å². The molecule has 7 nitrogen and oxygen atoms in total. The molecule has 1 heterocycles. The van der Waals surface area contributed by atoms with Gasteiger partial charge in [0.25, 0.3) is 0 Å². The molecule has 2 amide bonds. The number of anilines is 1. The fourth-order valence-electron chi connectivity index (χ4n) is 3.01. The zero-order valence-electron chi connectivity index (χ0n) is 15.6. The number of carbonyl (C=O) groups excluding carboxylic acids is 2. The van der Waals surface area contributed by atoms with Crippen molar-refractivity contribution in [3.05, 3.63) is 59.7 Å². The fraction of sp³-hybridized carbons (Fsp3) is 0.300. The van der Waals surface area contributed by atoms with Crippen molar-refractivity contribution in [2.45, 2.75) is 31.2 Å². The van der Waals surface area contributed by atoms with Crippen molar-refractivity contribution in [3.8, 4) is 0 Å². The van der Waals surface area contributed by atoms with E-state index in [-0.39, 0.29) is 11.4 Å². The van der Waals surface area contributed by atoms with Gasteiger partial charge >= 0.3 is 11.8 Å². The fourth-order valence-corrected chi connectivity index (χ4v) is 4.53. The first kappa shape index (κ1) is 20.0. The molecule has 3 rings (SSSR count). The molecular weight excluding hydrogens is 378 g/mol. The van der Waals surface area contributed by atoms with Crippen LogP contribution in [0.15, 0.2) is 53.4 Å². The van der Waals surface area contributed by atoms with Gasteiger partial charge in [0.1, 0.15) is 0 Å². The number of hydrogen-bond acceptors (Lipinski definition) is 4. The Bertz CT molecular complexity index is 965. The highest BCUT2D eigenvalue weighted by molar-refractivity contribution is 7.89. The second kappa shape index (κ2) is 8.53. The Kier molecular flexibility index (Phi) is 6.11. The van der Waals surface area contributed by atoms with E-state index in [1.54, 1.807) is 24.3 Å². The van der Waals surface area contributed by atoms with Crippen molar-refractivity contribution in [2.24, 2.45) is 0 Å². The Morgan fingerprint density at radius 1 is 0.964 bits per heavy atom. The van der Waals surface area contributed by atoms with Gasteiger partial charge in [-0.1, -0.05) is 30.3 Å². The number of nitrogens with zero attached hydrogens (tertiary/aromatic N) is 1. The quantitative estimate of drug-likeness (QED) is 0.750. The number of nitrogens with one attached hydrogen (secondary N) is 2. The number of sulfonamides is 1. The van der Waals surface area contributed by atoms with Crippen LogP contribution in [0.2, 0.25) is 0 Å². The summed E-state index contributed by atoms with van der Waals surface area (Å²) in [6.45, 7) is 3.07. The van der Waals surface area contributed by atoms with Crippen LogP contribution < -0.4 is 10.6 Å². The van der Waals surface area contributed by atoms with E-state index in [0.717, 1.165) is 18.4 Å². The summed E-state index contributed by atoms with van der Waals surface area (Å²) in [5.74, 6) is -1.50. The molecule has 8 heteroatoms. The third kappa shape index (κ3) is 4.58. The number of amides is 2. The van der Waals surface area contributed by atoms with Crippen molar-refractivity contribution in [3.63, 3.8) is 0 Å². The lowest BCUT2D eigenvalue weighted by molar-refractivity contribution is -0.136. The Labute approximate surface area is 164 Å². The molecule has 148 valence electrons. The van der Waals surface area contributed by atoms with Crippen LogP contribution in [-0.2, 0) is 26.2 Å². The Balaban J connectivity index is 1.56. The summed E-state index contributed by atoms with van der Waals surface area (Å²) in [7, 11) is -3.46. The molecule has 1 aliphatic heterocycles. The molecule has 1 aliphatic rings. The topological polar surface area (TPSA) is 95.6 Å². The van der Waals surface area contributed by atoms with Crippen molar-refractivity contribution >= 4 is 27.5 Å². The van der Waals surface area contributed by atoms with Crippen LogP contribution in [0.3, 0.4) is 0 Å². The predicted octanol–water partition coefficient (Wildman–Crippen LogP) is 2.03. The molecule has 0 aliphatic carbocycles. The molecule has 0 atom stereocenters. The van der Waals surface area contributed by atoms with Crippen molar-refractivity contribution < 1.29 is 18.0 Å². The van der Waals surface area contributed by atoms with Crippen LogP contribution in [-0.4, -0.2) is 37.6 Å². The summed E-state index contributed by atoms with van der Waals surface area (Å²) in [6.07, 6.45) is 1.77. The average Bonchev–Trinajstić information content (AvgIpc) is 3.24. The molecule has 0 bridgehead atoms. The smallest absolute Gasteiger partial charge is 0.313 e. The van der Waals surface area contributed by atoms with Gasteiger partial charge in [-0.2, -0.15) is 4.31 Å². The minimum atomic E-state index is -3.46. The first-order valence-electron chi connectivity index (χ1n) is 9.12. The second-order valence-electron chi connectivity index (χ2n) is 6.71. The summed E-state index contributed by atoms with van der Waals surface area (Å²) in [4.78, 5) is 24.3. The van der Waals surface area contributed by atoms with E-state index in [2.05, 4.69) is 10.6 Å². The maximum Gasteiger partial charge on any atom is 0.313 e. The predicted molar refractivity (Wildman–Crippen MR) is 106 cm³/mol. The molecule has 2 aromatic carbocycles. The summed E-state index contributed by atoms with van der Waals surface area (Å²) >= 11 is 0. The average molecular weight is 401 g/mol. The SMILES string of the molecule is Cc1ccccc1NC(=O)C(=O)NCc1ccc(S(=O)(=O)N2CCCC2)cc1. The Hall–Kier alpha value is -2.71. The maximum atomic E-state index is 12.5. The highest BCUT2D eigenvalue weighted by Crippen LogP contribution is 2.21. The molecule has 0 spiro atoms. The van der Waals surface area contributed by atoms with Gasteiger partial charge in [-0.3, -0.25) is 9.59 Å². The zero-order chi connectivity index (χ0) is 20.1. The Morgan fingerprint density at radius 3 is 2.25 bits per heavy atom. The van der Waals surface area contributed by atoms with Crippen molar-refractivity contribution in [1.29, 1.82) is 0 Å². The van der Waals surface area contributed by atoms with Gasteiger partial charge in [0.2, 0.25) is 10.0 Å². The number of carbonyl (C=O) groups is 2. The minimum absolute atomic E-state index is 0.129. The van der Waals surface area contributed by atoms with Gasteiger partial charge in [0.05, 0.1) is 4.90 Å². The number of rotatable bonds is 5. The number of aryl methyl sites for hydroxylation is 1. The Morgan fingerprint density at radius 2 is 1.61 bits per heavy atom. The summed E-state index contributed by atoms with van der Waals surface area (Å²) < 4.78 is 26.5. The lowest BCUT2D eigenvalue weighted by Gasteiger charge is -2.15. The van der Waals surface area contributed by atoms with Gasteiger partial charge in [-0.25, -0.2) is 8.42 Å².